The summed E-state index contributed by atoms with van der Waals surface area (Å²) in [5, 5.41) is 15.5. The lowest BCUT2D eigenvalue weighted by Crippen LogP contribution is -2.46. The van der Waals surface area contributed by atoms with E-state index in [1.54, 1.807) is 0 Å². The Morgan fingerprint density at radius 3 is 2.28 bits per heavy atom. The second-order valence-corrected chi connectivity index (χ2v) is 6.32. The molecule has 7 nitrogen and oxygen atoms in total. The SMILES string of the molecule is Cc1ccc(OCCN2CC(C)OC(C)C2)c(Cl)c1.O=C(O)C(=O)O. The Morgan fingerprint density at radius 1 is 1.24 bits per heavy atom. The minimum atomic E-state index is -1.82. The van der Waals surface area contributed by atoms with E-state index in [2.05, 4.69) is 18.7 Å². The number of morpholine rings is 1. The number of benzene rings is 1. The van der Waals surface area contributed by atoms with Crippen molar-refractivity contribution in [1.82, 2.24) is 4.90 Å². The van der Waals surface area contributed by atoms with Crippen LogP contribution in [0.15, 0.2) is 18.2 Å². The number of carboxylic acids is 2. The van der Waals surface area contributed by atoms with E-state index in [1.165, 1.54) is 0 Å². The van der Waals surface area contributed by atoms with Crippen molar-refractivity contribution in [2.75, 3.05) is 26.2 Å². The number of carbonyl (C=O) groups is 2. The Balaban J connectivity index is 0.000000450. The quantitative estimate of drug-likeness (QED) is 0.781. The van der Waals surface area contributed by atoms with E-state index in [0.717, 1.165) is 30.9 Å². The molecular weight excluding hydrogens is 350 g/mol. The van der Waals surface area contributed by atoms with Gasteiger partial charge in [0.25, 0.3) is 0 Å². The van der Waals surface area contributed by atoms with Crippen LogP contribution in [-0.4, -0.2) is 65.5 Å². The molecule has 140 valence electrons. The van der Waals surface area contributed by atoms with Gasteiger partial charge in [-0.2, -0.15) is 0 Å². The average molecular weight is 374 g/mol. The summed E-state index contributed by atoms with van der Waals surface area (Å²) in [5.74, 6) is -2.88. The molecule has 1 aliphatic rings. The third-order valence-electron chi connectivity index (χ3n) is 3.43. The molecule has 8 heteroatoms. The summed E-state index contributed by atoms with van der Waals surface area (Å²) in [4.78, 5) is 20.6. The van der Waals surface area contributed by atoms with Gasteiger partial charge in [-0.3, -0.25) is 4.90 Å². The van der Waals surface area contributed by atoms with Crippen molar-refractivity contribution in [3.05, 3.63) is 28.8 Å². The second kappa shape index (κ2) is 10.2. The average Bonchev–Trinajstić information content (AvgIpc) is 2.49. The first-order valence-corrected chi connectivity index (χ1v) is 8.29. The summed E-state index contributed by atoms with van der Waals surface area (Å²) < 4.78 is 11.5. The Hall–Kier alpha value is -1.83. The number of rotatable bonds is 4. The van der Waals surface area contributed by atoms with Gasteiger partial charge in [0.05, 0.1) is 17.2 Å². The van der Waals surface area contributed by atoms with Gasteiger partial charge >= 0.3 is 11.9 Å². The fraction of sp³-hybridized carbons (Fsp3) is 0.529. The third kappa shape index (κ3) is 8.20. The molecule has 2 atom stereocenters. The van der Waals surface area contributed by atoms with Crippen LogP contribution < -0.4 is 4.74 Å². The number of aryl methyl sites for hydroxylation is 1. The van der Waals surface area contributed by atoms with E-state index in [-0.39, 0.29) is 0 Å². The van der Waals surface area contributed by atoms with Crippen LogP contribution in [0.25, 0.3) is 0 Å². The molecule has 2 N–H and O–H groups in total. The highest BCUT2D eigenvalue weighted by molar-refractivity contribution is 6.32. The highest BCUT2D eigenvalue weighted by Crippen LogP contribution is 2.25. The first-order valence-electron chi connectivity index (χ1n) is 7.92. The van der Waals surface area contributed by atoms with Crippen LogP contribution in [0.5, 0.6) is 5.75 Å². The van der Waals surface area contributed by atoms with Crippen LogP contribution in [0.1, 0.15) is 19.4 Å². The Kier molecular flexibility index (Phi) is 8.68. The molecule has 0 saturated carbocycles. The molecule has 0 amide bonds. The summed E-state index contributed by atoms with van der Waals surface area (Å²) in [5.41, 5.74) is 1.15. The van der Waals surface area contributed by atoms with Crippen molar-refractivity contribution >= 4 is 23.5 Å². The van der Waals surface area contributed by atoms with Gasteiger partial charge in [0, 0.05) is 19.6 Å². The van der Waals surface area contributed by atoms with Gasteiger partial charge in [-0.1, -0.05) is 17.7 Å². The maximum Gasteiger partial charge on any atom is 0.414 e. The molecule has 0 bridgehead atoms. The van der Waals surface area contributed by atoms with Crippen molar-refractivity contribution in [1.29, 1.82) is 0 Å². The van der Waals surface area contributed by atoms with Crippen LogP contribution in [0, 0.1) is 6.92 Å². The lowest BCUT2D eigenvalue weighted by molar-refractivity contribution is -0.159. The lowest BCUT2D eigenvalue weighted by atomic mass is 10.2. The number of hydrogen-bond donors (Lipinski definition) is 2. The molecular formula is C17H24ClNO6. The molecule has 1 fully saturated rings. The van der Waals surface area contributed by atoms with Gasteiger partial charge in [0.2, 0.25) is 0 Å². The van der Waals surface area contributed by atoms with Crippen LogP contribution in [-0.2, 0) is 14.3 Å². The smallest absolute Gasteiger partial charge is 0.414 e. The molecule has 0 radical (unpaired) electrons. The number of aliphatic carboxylic acids is 2. The molecule has 25 heavy (non-hydrogen) atoms. The van der Waals surface area contributed by atoms with Crippen LogP contribution in [0.4, 0.5) is 0 Å². The van der Waals surface area contributed by atoms with E-state index < -0.39 is 11.9 Å². The molecule has 1 aromatic rings. The molecule has 2 unspecified atom stereocenters. The summed E-state index contributed by atoms with van der Waals surface area (Å²) in [6.45, 7) is 9.74. The highest BCUT2D eigenvalue weighted by atomic mass is 35.5. The van der Waals surface area contributed by atoms with Gasteiger partial charge in [0.1, 0.15) is 12.4 Å². The predicted molar refractivity (Wildman–Crippen MR) is 93.4 cm³/mol. The first-order chi connectivity index (χ1) is 11.7. The van der Waals surface area contributed by atoms with Gasteiger partial charge in [0.15, 0.2) is 0 Å². The molecule has 2 rings (SSSR count). The number of ether oxygens (including phenoxy) is 2. The molecule has 1 saturated heterocycles. The standard InChI is InChI=1S/C15H22ClNO2.C2H2O4/c1-11-4-5-15(14(16)8-11)18-7-6-17-9-12(2)19-13(3)10-17;3-1(4)2(5)6/h4-5,8,12-13H,6-7,9-10H2,1-3H3;(H,3,4)(H,5,6). The normalized spacial score (nSPS) is 20.3. The van der Waals surface area contributed by atoms with Crippen molar-refractivity contribution in [3.8, 4) is 5.75 Å². The van der Waals surface area contributed by atoms with Crippen molar-refractivity contribution in [2.45, 2.75) is 33.0 Å². The molecule has 0 aromatic heterocycles. The van der Waals surface area contributed by atoms with Crippen LogP contribution >= 0.6 is 11.6 Å². The Morgan fingerprint density at radius 2 is 1.80 bits per heavy atom. The zero-order chi connectivity index (χ0) is 19.0. The van der Waals surface area contributed by atoms with E-state index >= 15 is 0 Å². The van der Waals surface area contributed by atoms with E-state index in [4.69, 9.17) is 40.9 Å². The topological polar surface area (TPSA) is 96.3 Å². The first kappa shape index (κ1) is 21.2. The van der Waals surface area contributed by atoms with Crippen LogP contribution in [0.3, 0.4) is 0 Å². The molecule has 1 heterocycles. The summed E-state index contributed by atoms with van der Waals surface area (Å²) in [7, 11) is 0. The van der Waals surface area contributed by atoms with Gasteiger partial charge in [-0.15, -0.1) is 0 Å². The predicted octanol–water partition coefficient (Wildman–Crippen LogP) is 2.29. The summed E-state index contributed by atoms with van der Waals surface area (Å²) in [6, 6.07) is 5.87. The molecule has 1 aliphatic heterocycles. The Bertz CT molecular complexity index is 573. The van der Waals surface area contributed by atoms with Gasteiger partial charge < -0.3 is 19.7 Å². The largest absolute Gasteiger partial charge is 0.491 e. The number of nitrogens with zero attached hydrogens (tertiary/aromatic N) is 1. The summed E-state index contributed by atoms with van der Waals surface area (Å²) in [6.07, 6.45) is 0.596. The van der Waals surface area contributed by atoms with Gasteiger partial charge in [-0.05, 0) is 38.5 Å². The minimum absolute atomic E-state index is 0.298. The monoisotopic (exact) mass is 373 g/mol. The molecule has 1 aromatic carbocycles. The maximum absolute atomic E-state index is 9.10. The number of hydrogen-bond acceptors (Lipinski definition) is 5. The zero-order valence-corrected chi connectivity index (χ0v) is 15.3. The molecule has 0 aliphatic carbocycles. The Labute approximate surface area is 152 Å². The third-order valence-corrected chi connectivity index (χ3v) is 3.73. The fourth-order valence-electron chi connectivity index (χ4n) is 2.47. The van der Waals surface area contributed by atoms with E-state index in [9.17, 15) is 0 Å². The highest BCUT2D eigenvalue weighted by Gasteiger charge is 2.21. The minimum Gasteiger partial charge on any atom is -0.491 e. The molecule has 0 spiro atoms. The summed E-state index contributed by atoms with van der Waals surface area (Å²) >= 11 is 6.14. The van der Waals surface area contributed by atoms with Crippen molar-refractivity contribution < 1.29 is 29.3 Å². The number of halogens is 1. The van der Waals surface area contributed by atoms with Crippen molar-refractivity contribution in [3.63, 3.8) is 0 Å². The van der Waals surface area contributed by atoms with Gasteiger partial charge in [-0.25, -0.2) is 9.59 Å². The van der Waals surface area contributed by atoms with E-state index in [0.29, 0.717) is 23.8 Å². The van der Waals surface area contributed by atoms with E-state index in [1.807, 2.05) is 25.1 Å². The van der Waals surface area contributed by atoms with Crippen molar-refractivity contribution in [2.24, 2.45) is 0 Å². The lowest BCUT2D eigenvalue weighted by Gasteiger charge is -2.35. The zero-order valence-electron chi connectivity index (χ0n) is 14.6. The maximum atomic E-state index is 9.10. The second-order valence-electron chi connectivity index (χ2n) is 5.91. The van der Waals surface area contributed by atoms with Crippen LogP contribution in [0.2, 0.25) is 5.02 Å². The fourth-order valence-corrected chi connectivity index (χ4v) is 2.76. The number of carboxylic acid groups (broad SMARTS) is 2.